The van der Waals surface area contributed by atoms with Gasteiger partial charge in [0.05, 0.1) is 18.2 Å². The molecule has 110 valence electrons. The van der Waals surface area contributed by atoms with Crippen molar-refractivity contribution in [2.45, 2.75) is 45.2 Å². The third-order valence-corrected chi connectivity index (χ3v) is 4.07. The molecule has 0 aromatic carbocycles. The van der Waals surface area contributed by atoms with Gasteiger partial charge in [-0.05, 0) is 26.3 Å². The van der Waals surface area contributed by atoms with E-state index in [1.165, 1.54) is 4.90 Å². The molecule has 0 bridgehead atoms. The standard InChI is InChI=1S/C11H21N3O4S/c1-3-8(2)14-10(15)7-9(11(14)16)13-5-4-6-19(12,17)18/h8-9,13H,3-7H2,1-2H3,(H2,12,17,18). The van der Waals surface area contributed by atoms with Crippen molar-refractivity contribution in [2.75, 3.05) is 12.3 Å². The molecule has 0 radical (unpaired) electrons. The van der Waals surface area contributed by atoms with Crippen LogP contribution in [0.4, 0.5) is 0 Å². The van der Waals surface area contributed by atoms with Crippen LogP contribution in [-0.2, 0) is 19.6 Å². The normalized spacial score (nSPS) is 22.1. The van der Waals surface area contributed by atoms with E-state index >= 15 is 0 Å². The van der Waals surface area contributed by atoms with Crippen LogP contribution in [0.5, 0.6) is 0 Å². The van der Waals surface area contributed by atoms with Crippen LogP contribution in [0.3, 0.4) is 0 Å². The molecule has 7 nitrogen and oxygen atoms in total. The third kappa shape index (κ3) is 4.55. The lowest BCUT2D eigenvalue weighted by atomic mass is 10.2. The first-order valence-corrected chi connectivity index (χ1v) is 8.07. The van der Waals surface area contributed by atoms with Crippen molar-refractivity contribution in [1.82, 2.24) is 10.2 Å². The second-order valence-electron chi connectivity index (χ2n) is 4.79. The largest absolute Gasteiger partial charge is 0.305 e. The van der Waals surface area contributed by atoms with Crippen LogP contribution in [0, 0.1) is 0 Å². The summed E-state index contributed by atoms with van der Waals surface area (Å²) in [5, 5.41) is 7.79. The number of nitrogens with two attached hydrogens (primary N) is 1. The molecular weight excluding hydrogens is 270 g/mol. The predicted molar refractivity (Wildman–Crippen MR) is 70.6 cm³/mol. The number of hydrogen-bond donors (Lipinski definition) is 2. The lowest BCUT2D eigenvalue weighted by Gasteiger charge is -2.21. The maximum absolute atomic E-state index is 12.0. The Morgan fingerprint density at radius 1 is 1.47 bits per heavy atom. The molecule has 1 rings (SSSR count). The highest BCUT2D eigenvalue weighted by atomic mass is 32.2. The van der Waals surface area contributed by atoms with Crippen LogP contribution in [-0.4, -0.2) is 49.5 Å². The van der Waals surface area contributed by atoms with Crippen LogP contribution in [0.15, 0.2) is 0 Å². The summed E-state index contributed by atoms with van der Waals surface area (Å²) in [6.45, 7) is 4.09. The van der Waals surface area contributed by atoms with Crippen LogP contribution in [0.25, 0.3) is 0 Å². The Kier molecular flexibility index (Phi) is 5.45. The number of likely N-dealkylation sites (tertiary alicyclic amines) is 1. The van der Waals surface area contributed by atoms with Gasteiger partial charge in [-0.3, -0.25) is 14.5 Å². The van der Waals surface area contributed by atoms with E-state index in [1.807, 2.05) is 13.8 Å². The first-order valence-electron chi connectivity index (χ1n) is 6.36. The molecule has 1 fully saturated rings. The number of amides is 2. The molecule has 0 aliphatic carbocycles. The van der Waals surface area contributed by atoms with Crippen molar-refractivity contribution in [1.29, 1.82) is 0 Å². The maximum Gasteiger partial charge on any atom is 0.247 e. The number of sulfonamides is 1. The van der Waals surface area contributed by atoms with Gasteiger partial charge in [-0.25, -0.2) is 13.6 Å². The van der Waals surface area contributed by atoms with Crippen molar-refractivity contribution in [2.24, 2.45) is 5.14 Å². The summed E-state index contributed by atoms with van der Waals surface area (Å²) >= 11 is 0. The molecular formula is C11H21N3O4S. The Labute approximate surface area is 113 Å². The second-order valence-corrected chi connectivity index (χ2v) is 6.52. The maximum atomic E-state index is 12.0. The Bertz CT molecular complexity index is 449. The van der Waals surface area contributed by atoms with Gasteiger partial charge in [0.25, 0.3) is 0 Å². The number of imide groups is 1. The predicted octanol–water partition coefficient (Wildman–Crippen LogP) is -0.819. The summed E-state index contributed by atoms with van der Waals surface area (Å²) in [5.41, 5.74) is 0. The van der Waals surface area contributed by atoms with E-state index in [2.05, 4.69) is 5.32 Å². The van der Waals surface area contributed by atoms with Gasteiger partial charge >= 0.3 is 0 Å². The number of hydrogen-bond acceptors (Lipinski definition) is 5. The van der Waals surface area contributed by atoms with E-state index in [0.29, 0.717) is 13.0 Å². The third-order valence-electron chi connectivity index (χ3n) is 3.21. The first kappa shape index (κ1) is 16.1. The minimum atomic E-state index is -3.47. The van der Waals surface area contributed by atoms with Crippen LogP contribution in [0.2, 0.25) is 0 Å². The molecule has 1 aliphatic rings. The van der Waals surface area contributed by atoms with E-state index in [0.717, 1.165) is 6.42 Å². The molecule has 1 aliphatic heterocycles. The van der Waals surface area contributed by atoms with Crippen LogP contribution < -0.4 is 10.5 Å². The molecule has 8 heteroatoms. The van der Waals surface area contributed by atoms with Gasteiger partial charge in [0.1, 0.15) is 0 Å². The van der Waals surface area contributed by atoms with Crippen molar-refractivity contribution < 1.29 is 18.0 Å². The summed E-state index contributed by atoms with van der Waals surface area (Å²) in [6.07, 6.45) is 1.17. The van der Waals surface area contributed by atoms with Gasteiger partial charge in [-0.1, -0.05) is 6.92 Å². The summed E-state index contributed by atoms with van der Waals surface area (Å²) in [4.78, 5) is 25.0. The van der Waals surface area contributed by atoms with Gasteiger partial charge in [0.15, 0.2) is 0 Å². The summed E-state index contributed by atoms with van der Waals surface area (Å²) in [5.74, 6) is -0.539. The van der Waals surface area contributed by atoms with Gasteiger partial charge in [0, 0.05) is 6.04 Å². The number of carbonyl (C=O) groups is 2. The topological polar surface area (TPSA) is 110 Å². The molecule has 2 amide bonds. The molecule has 2 unspecified atom stereocenters. The highest BCUT2D eigenvalue weighted by Crippen LogP contribution is 2.17. The van der Waals surface area contributed by atoms with Gasteiger partial charge in [-0.15, -0.1) is 0 Å². The summed E-state index contributed by atoms with van der Waals surface area (Å²) in [7, 11) is -3.47. The monoisotopic (exact) mass is 291 g/mol. The zero-order chi connectivity index (χ0) is 14.6. The number of nitrogens with one attached hydrogen (secondary N) is 1. The number of carbonyl (C=O) groups excluding carboxylic acids is 2. The minimum Gasteiger partial charge on any atom is -0.305 e. The highest BCUT2D eigenvalue weighted by Gasteiger charge is 2.40. The van der Waals surface area contributed by atoms with E-state index in [1.54, 1.807) is 0 Å². The fourth-order valence-electron chi connectivity index (χ4n) is 2.01. The molecule has 1 heterocycles. The van der Waals surface area contributed by atoms with E-state index in [4.69, 9.17) is 5.14 Å². The van der Waals surface area contributed by atoms with Crippen molar-refractivity contribution in [3.63, 3.8) is 0 Å². The lowest BCUT2D eigenvalue weighted by molar-refractivity contribution is -0.141. The average Bonchev–Trinajstić information content (AvgIpc) is 2.58. The number of nitrogens with zero attached hydrogens (tertiary/aromatic N) is 1. The van der Waals surface area contributed by atoms with E-state index < -0.39 is 16.1 Å². The van der Waals surface area contributed by atoms with E-state index in [9.17, 15) is 18.0 Å². The Morgan fingerprint density at radius 2 is 2.11 bits per heavy atom. The van der Waals surface area contributed by atoms with Gasteiger partial charge in [0.2, 0.25) is 21.8 Å². The van der Waals surface area contributed by atoms with E-state index in [-0.39, 0.29) is 30.0 Å². The van der Waals surface area contributed by atoms with Gasteiger partial charge in [-0.2, -0.15) is 0 Å². The zero-order valence-corrected chi connectivity index (χ0v) is 12.1. The molecule has 0 aromatic heterocycles. The lowest BCUT2D eigenvalue weighted by Crippen LogP contribution is -2.43. The zero-order valence-electron chi connectivity index (χ0n) is 11.3. The van der Waals surface area contributed by atoms with Crippen LogP contribution in [0.1, 0.15) is 33.1 Å². The molecule has 19 heavy (non-hydrogen) atoms. The smallest absolute Gasteiger partial charge is 0.247 e. The quantitative estimate of drug-likeness (QED) is 0.470. The van der Waals surface area contributed by atoms with Crippen molar-refractivity contribution >= 4 is 21.8 Å². The fourth-order valence-corrected chi connectivity index (χ4v) is 2.55. The van der Waals surface area contributed by atoms with Crippen molar-refractivity contribution in [3.05, 3.63) is 0 Å². The number of rotatable bonds is 7. The Morgan fingerprint density at radius 3 is 2.63 bits per heavy atom. The van der Waals surface area contributed by atoms with Crippen LogP contribution >= 0.6 is 0 Å². The second kappa shape index (κ2) is 6.44. The first-order chi connectivity index (χ1) is 8.76. The highest BCUT2D eigenvalue weighted by molar-refractivity contribution is 7.89. The molecule has 0 spiro atoms. The molecule has 0 saturated carbocycles. The molecule has 1 saturated heterocycles. The molecule has 0 aromatic rings. The SMILES string of the molecule is CCC(C)N1C(=O)CC(NCCCS(N)(=O)=O)C1=O. The summed E-state index contributed by atoms with van der Waals surface area (Å²) < 4.78 is 21.5. The Balaban J connectivity index is 2.45. The molecule has 3 N–H and O–H groups in total. The number of primary sulfonamides is 1. The minimum absolute atomic E-state index is 0.101. The average molecular weight is 291 g/mol. The molecule has 2 atom stereocenters. The fraction of sp³-hybridized carbons (Fsp3) is 0.818. The van der Waals surface area contributed by atoms with Gasteiger partial charge < -0.3 is 5.32 Å². The Hall–Kier alpha value is -0.990. The summed E-state index contributed by atoms with van der Waals surface area (Å²) in [6, 6.07) is -0.641. The van der Waals surface area contributed by atoms with Crippen molar-refractivity contribution in [3.8, 4) is 0 Å².